The summed E-state index contributed by atoms with van der Waals surface area (Å²) in [5.74, 6) is 0.380. The molecule has 3 rings (SSSR count). The first-order chi connectivity index (χ1) is 10.2. The second-order valence-corrected chi connectivity index (χ2v) is 5.12. The van der Waals surface area contributed by atoms with Crippen LogP contribution in [0.15, 0.2) is 48.7 Å². The summed E-state index contributed by atoms with van der Waals surface area (Å²) < 4.78 is 19.8. The van der Waals surface area contributed by atoms with E-state index in [9.17, 15) is 4.39 Å². The number of fused-ring (bicyclic) bond motifs is 1. The van der Waals surface area contributed by atoms with Crippen LogP contribution in [0.2, 0.25) is 0 Å². The number of ether oxygens (including phenoxy) is 1. The summed E-state index contributed by atoms with van der Waals surface area (Å²) in [7, 11) is 0. The topological polar surface area (TPSA) is 22.1 Å². The maximum Gasteiger partial charge on any atom is 0.221 e. The molecule has 0 bridgehead atoms. The summed E-state index contributed by atoms with van der Waals surface area (Å²) in [4.78, 5) is 4.29. The lowest BCUT2D eigenvalue weighted by Crippen LogP contribution is -1.99. The second kappa shape index (κ2) is 5.52. The molecule has 0 atom stereocenters. The molecular weight excluding hydrogens is 265 g/mol. The molecule has 2 aromatic carbocycles. The van der Waals surface area contributed by atoms with Gasteiger partial charge in [-0.1, -0.05) is 30.3 Å². The van der Waals surface area contributed by atoms with Crippen LogP contribution in [0.25, 0.3) is 10.8 Å². The van der Waals surface area contributed by atoms with Crippen molar-refractivity contribution in [2.45, 2.75) is 20.5 Å². The van der Waals surface area contributed by atoms with Crippen LogP contribution in [-0.4, -0.2) is 4.98 Å². The van der Waals surface area contributed by atoms with Crippen molar-refractivity contribution < 1.29 is 9.13 Å². The van der Waals surface area contributed by atoms with E-state index in [0.717, 1.165) is 16.3 Å². The van der Waals surface area contributed by atoms with Gasteiger partial charge in [-0.05, 0) is 48.1 Å². The second-order valence-electron chi connectivity index (χ2n) is 5.12. The Balaban J connectivity index is 1.99. The highest BCUT2D eigenvalue weighted by Crippen LogP contribution is 2.29. The highest BCUT2D eigenvalue weighted by molar-refractivity contribution is 5.90. The number of rotatable bonds is 3. The minimum absolute atomic E-state index is 0.164. The van der Waals surface area contributed by atoms with Crippen LogP contribution in [0.3, 0.4) is 0 Å². The number of aryl methyl sites for hydroxylation is 2. The van der Waals surface area contributed by atoms with Gasteiger partial charge in [0.2, 0.25) is 5.88 Å². The van der Waals surface area contributed by atoms with Crippen LogP contribution in [-0.2, 0) is 6.61 Å². The molecule has 21 heavy (non-hydrogen) atoms. The van der Waals surface area contributed by atoms with E-state index in [0.29, 0.717) is 23.6 Å². The molecule has 0 aliphatic heterocycles. The van der Waals surface area contributed by atoms with Crippen LogP contribution in [0.4, 0.5) is 4.39 Å². The zero-order chi connectivity index (χ0) is 14.8. The van der Waals surface area contributed by atoms with E-state index in [2.05, 4.69) is 4.98 Å². The third kappa shape index (κ3) is 2.59. The van der Waals surface area contributed by atoms with Gasteiger partial charge in [0.05, 0.1) is 0 Å². The van der Waals surface area contributed by atoms with Crippen molar-refractivity contribution in [2.75, 3.05) is 0 Å². The Morgan fingerprint density at radius 2 is 1.81 bits per heavy atom. The van der Waals surface area contributed by atoms with Gasteiger partial charge in [-0.15, -0.1) is 0 Å². The van der Waals surface area contributed by atoms with Gasteiger partial charge in [0, 0.05) is 11.6 Å². The smallest absolute Gasteiger partial charge is 0.221 e. The molecule has 0 radical (unpaired) electrons. The molecule has 0 aliphatic carbocycles. The number of hydrogen-bond donors (Lipinski definition) is 0. The summed E-state index contributed by atoms with van der Waals surface area (Å²) in [6.45, 7) is 3.99. The van der Waals surface area contributed by atoms with Gasteiger partial charge in [0.1, 0.15) is 12.4 Å². The Bertz CT molecular complexity index is 784. The number of hydrogen-bond acceptors (Lipinski definition) is 2. The molecule has 0 unspecified atom stereocenters. The van der Waals surface area contributed by atoms with E-state index in [1.807, 2.05) is 36.4 Å². The fourth-order valence-electron chi connectivity index (χ4n) is 2.46. The monoisotopic (exact) mass is 281 g/mol. The Kier molecular flexibility index (Phi) is 3.57. The SMILES string of the molecule is Cc1cc2c(OCc3ccccc3)nccc2c(C)c1F. The number of aromatic nitrogens is 1. The van der Waals surface area contributed by atoms with Gasteiger partial charge in [-0.3, -0.25) is 0 Å². The normalized spacial score (nSPS) is 10.8. The van der Waals surface area contributed by atoms with Gasteiger partial charge in [-0.2, -0.15) is 0 Å². The fourth-order valence-corrected chi connectivity index (χ4v) is 2.46. The van der Waals surface area contributed by atoms with Crippen LogP contribution < -0.4 is 4.74 Å². The average Bonchev–Trinajstić information content (AvgIpc) is 2.52. The van der Waals surface area contributed by atoms with Gasteiger partial charge in [0.25, 0.3) is 0 Å². The molecule has 3 aromatic rings. The standard InChI is InChI=1S/C18H16FNO/c1-12-10-16-15(13(2)17(12)19)8-9-20-18(16)21-11-14-6-4-3-5-7-14/h3-10H,11H2,1-2H3. The van der Waals surface area contributed by atoms with Crippen molar-refractivity contribution >= 4 is 10.8 Å². The van der Waals surface area contributed by atoms with Crippen LogP contribution >= 0.6 is 0 Å². The Hall–Kier alpha value is -2.42. The van der Waals surface area contributed by atoms with Crippen molar-refractivity contribution in [3.8, 4) is 5.88 Å². The van der Waals surface area contributed by atoms with Gasteiger partial charge in [0.15, 0.2) is 0 Å². The third-order valence-electron chi connectivity index (χ3n) is 3.61. The minimum atomic E-state index is -0.164. The first-order valence-electron chi connectivity index (χ1n) is 6.88. The molecule has 0 saturated carbocycles. The van der Waals surface area contributed by atoms with Crippen molar-refractivity contribution in [3.63, 3.8) is 0 Å². The Morgan fingerprint density at radius 3 is 2.57 bits per heavy atom. The highest BCUT2D eigenvalue weighted by Gasteiger charge is 2.11. The zero-order valence-corrected chi connectivity index (χ0v) is 12.1. The van der Waals surface area contributed by atoms with Crippen molar-refractivity contribution in [1.29, 1.82) is 0 Å². The lowest BCUT2D eigenvalue weighted by atomic mass is 10.0. The van der Waals surface area contributed by atoms with Gasteiger partial charge < -0.3 is 4.74 Å². The molecule has 0 aliphatic rings. The van der Waals surface area contributed by atoms with Crippen molar-refractivity contribution in [2.24, 2.45) is 0 Å². The molecule has 0 amide bonds. The van der Waals surface area contributed by atoms with Gasteiger partial charge in [-0.25, -0.2) is 9.37 Å². The first kappa shape index (κ1) is 13.6. The fraction of sp³-hybridized carbons (Fsp3) is 0.167. The molecule has 0 N–H and O–H groups in total. The number of halogens is 1. The van der Waals surface area contributed by atoms with E-state index in [4.69, 9.17) is 4.74 Å². The van der Waals surface area contributed by atoms with E-state index >= 15 is 0 Å². The maximum absolute atomic E-state index is 14.0. The molecule has 0 spiro atoms. The van der Waals surface area contributed by atoms with E-state index in [1.54, 1.807) is 26.1 Å². The first-order valence-corrected chi connectivity index (χ1v) is 6.88. The number of nitrogens with zero attached hydrogens (tertiary/aromatic N) is 1. The van der Waals surface area contributed by atoms with Crippen LogP contribution in [0.5, 0.6) is 5.88 Å². The maximum atomic E-state index is 14.0. The molecule has 2 nitrogen and oxygen atoms in total. The molecule has 0 saturated heterocycles. The third-order valence-corrected chi connectivity index (χ3v) is 3.61. The minimum Gasteiger partial charge on any atom is -0.472 e. The van der Waals surface area contributed by atoms with Crippen molar-refractivity contribution in [3.05, 3.63) is 71.2 Å². The molecule has 1 heterocycles. The molecule has 3 heteroatoms. The summed E-state index contributed by atoms with van der Waals surface area (Å²) in [5, 5.41) is 1.70. The van der Waals surface area contributed by atoms with E-state index in [1.165, 1.54) is 0 Å². The van der Waals surface area contributed by atoms with E-state index in [-0.39, 0.29) is 5.82 Å². The lowest BCUT2D eigenvalue weighted by molar-refractivity contribution is 0.298. The molecule has 106 valence electrons. The Morgan fingerprint density at radius 1 is 1.05 bits per heavy atom. The molecular formula is C18H16FNO. The number of benzene rings is 2. The van der Waals surface area contributed by atoms with Gasteiger partial charge >= 0.3 is 0 Å². The van der Waals surface area contributed by atoms with Crippen molar-refractivity contribution in [1.82, 2.24) is 4.98 Å². The summed E-state index contributed by atoms with van der Waals surface area (Å²) >= 11 is 0. The predicted octanol–water partition coefficient (Wildman–Crippen LogP) is 4.57. The van der Waals surface area contributed by atoms with E-state index < -0.39 is 0 Å². The summed E-state index contributed by atoms with van der Waals surface area (Å²) in [6.07, 6.45) is 1.66. The Labute approximate surface area is 123 Å². The quantitative estimate of drug-likeness (QED) is 0.701. The molecule has 0 fully saturated rings. The largest absolute Gasteiger partial charge is 0.472 e. The lowest BCUT2D eigenvalue weighted by Gasteiger charge is -2.11. The number of pyridine rings is 1. The van der Waals surface area contributed by atoms with Crippen LogP contribution in [0.1, 0.15) is 16.7 Å². The predicted molar refractivity (Wildman–Crippen MR) is 81.9 cm³/mol. The molecule has 1 aromatic heterocycles. The zero-order valence-electron chi connectivity index (χ0n) is 12.1. The average molecular weight is 281 g/mol. The highest BCUT2D eigenvalue weighted by atomic mass is 19.1. The summed E-state index contributed by atoms with van der Waals surface area (Å²) in [5.41, 5.74) is 2.32. The summed E-state index contributed by atoms with van der Waals surface area (Å²) in [6, 6.07) is 13.5. The van der Waals surface area contributed by atoms with Crippen LogP contribution in [0, 0.1) is 19.7 Å².